The monoisotopic (exact) mass is 464 g/mol. The molecule has 0 saturated carbocycles. The molecule has 0 spiro atoms. The lowest BCUT2D eigenvalue weighted by molar-refractivity contribution is -0.486. The quantitative estimate of drug-likeness (QED) is 0.280. The van der Waals surface area contributed by atoms with Gasteiger partial charge in [-0.1, -0.05) is 65.0 Å². The van der Waals surface area contributed by atoms with Crippen LogP contribution in [-0.4, -0.2) is 0 Å². The Morgan fingerprint density at radius 1 is 1.03 bits per heavy atom. The molecule has 0 atom stereocenters. The molecule has 0 amide bonds. The van der Waals surface area contributed by atoms with Gasteiger partial charge in [0.2, 0.25) is 5.69 Å². The van der Waals surface area contributed by atoms with E-state index in [9.17, 15) is 0 Å². The molecule has 0 unspecified atom stereocenters. The number of aromatic nitrogens is 1. The van der Waals surface area contributed by atoms with Crippen molar-refractivity contribution in [3.8, 4) is 11.3 Å². The predicted molar refractivity (Wildman–Crippen MR) is 146 cm³/mol. The molecule has 0 saturated heterocycles. The summed E-state index contributed by atoms with van der Waals surface area (Å²) in [5.74, 6) is 0.642. The van der Waals surface area contributed by atoms with Gasteiger partial charge in [-0.05, 0) is 63.1 Å². The van der Waals surface area contributed by atoms with Crippen LogP contribution in [0.15, 0.2) is 67.0 Å². The standard InChI is InChI=1S/C31H32N2S/c1-20(2)15-25-17-23-11-13-32-29(30(23)34-25)22-12-14-33(6)28(19-22)24-16-21-9-7-8-10-26(21)27(18-24)31(3,4)5/h7-14,16-20H,6,15H2,1-5H3. The Morgan fingerprint density at radius 3 is 2.59 bits per heavy atom. The number of thiophene rings is 1. The number of fused-ring (bicyclic) bond motifs is 2. The van der Waals surface area contributed by atoms with Gasteiger partial charge in [-0.3, -0.25) is 0 Å². The highest BCUT2D eigenvalue weighted by atomic mass is 32.1. The summed E-state index contributed by atoms with van der Waals surface area (Å²) in [7, 11) is 0. The third-order valence-corrected chi connectivity index (χ3v) is 7.55. The predicted octanol–water partition coefficient (Wildman–Crippen LogP) is 7.51. The van der Waals surface area contributed by atoms with Gasteiger partial charge < -0.3 is 5.32 Å². The molecule has 3 heterocycles. The Morgan fingerprint density at radius 2 is 1.82 bits per heavy atom. The SMILES string of the molecule is C=[n+]1ccc(=C2[N-]C=Cc3cc(CC(C)C)sc32)cc1-c1cc(C(C)(C)C)c2ccccc2c1. The normalized spacial score (nSPS) is 15.0. The molecule has 2 aromatic carbocycles. The summed E-state index contributed by atoms with van der Waals surface area (Å²) in [6, 6.07) is 20.0. The lowest BCUT2D eigenvalue weighted by Gasteiger charge is -2.25. The summed E-state index contributed by atoms with van der Waals surface area (Å²) in [6.07, 6.45) is 7.22. The highest BCUT2D eigenvalue weighted by Crippen LogP contribution is 2.37. The van der Waals surface area contributed by atoms with Gasteiger partial charge in [-0.25, -0.2) is 0 Å². The lowest BCUT2D eigenvalue weighted by atomic mass is 9.82. The van der Waals surface area contributed by atoms with Gasteiger partial charge in [0.1, 0.15) is 6.72 Å². The fourth-order valence-corrected chi connectivity index (χ4v) is 6.11. The Hall–Kier alpha value is -3.17. The lowest BCUT2D eigenvalue weighted by Crippen LogP contribution is -2.22. The molecular weight excluding hydrogens is 432 g/mol. The van der Waals surface area contributed by atoms with E-state index in [1.165, 1.54) is 37.2 Å². The van der Waals surface area contributed by atoms with Crippen LogP contribution < -0.4 is 9.46 Å². The van der Waals surface area contributed by atoms with E-state index in [2.05, 4.69) is 108 Å². The van der Waals surface area contributed by atoms with Crippen LogP contribution in [0.4, 0.5) is 0 Å². The van der Waals surface area contributed by atoms with Crippen molar-refractivity contribution in [2.75, 3.05) is 0 Å². The van der Waals surface area contributed by atoms with Gasteiger partial charge in [0, 0.05) is 27.5 Å². The molecule has 0 aliphatic carbocycles. The molecule has 34 heavy (non-hydrogen) atoms. The molecule has 2 nitrogen and oxygen atoms in total. The van der Waals surface area contributed by atoms with Gasteiger partial charge in [-0.2, -0.15) is 10.4 Å². The summed E-state index contributed by atoms with van der Waals surface area (Å²) in [4.78, 5) is 2.69. The molecule has 0 bridgehead atoms. The van der Waals surface area contributed by atoms with Crippen molar-refractivity contribution < 1.29 is 4.24 Å². The number of hydrogen-bond acceptors (Lipinski definition) is 1. The molecule has 4 aromatic rings. The maximum atomic E-state index is 4.82. The second-order valence-corrected chi connectivity index (χ2v) is 11.8. The fourth-order valence-electron chi connectivity index (χ4n) is 4.73. The van der Waals surface area contributed by atoms with Crippen molar-refractivity contribution in [3.05, 3.63) is 105 Å². The molecule has 3 heteroatoms. The average molecular weight is 465 g/mol. The van der Waals surface area contributed by atoms with Crippen LogP contribution >= 0.6 is 11.3 Å². The summed E-state index contributed by atoms with van der Waals surface area (Å²) in [5.41, 5.74) is 5.99. The number of rotatable bonds is 3. The van der Waals surface area contributed by atoms with Gasteiger partial charge in [0.05, 0.1) is 0 Å². The third-order valence-electron chi connectivity index (χ3n) is 6.37. The van der Waals surface area contributed by atoms with E-state index in [4.69, 9.17) is 5.32 Å². The van der Waals surface area contributed by atoms with E-state index in [1.54, 1.807) is 0 Å². The van der Waals surface area contributed by atoms with Crippen LogP contribution in [0.5, 0.6) is 0 Å². The van der Waals surface area contributed by atoms with E-state index in [-0.39, 0.29) is 5.41 Å². The summed E-state index contributed by atoms with van der Waals surface area (Å²) in [5, 5.41) is 8.52. The Bertz CT molecular complexity index is 1530. The van der Waals surface area contributed by atoms with Gasteiger partial charge in [0.25, 0.3) is 0 Å². The van der Waals surface area contributed by atoms with Gasteiger partial charge >= 0.3 is 0 Å². The van der Waals surface area contributed by atoms with Crippen LogP contribution in [0.3, 0.4) is 0 Å². The fraction of sp³-hybridized carbons (Fsp3) is 0.258. The number of pyridine rings is 1. The highest BCUT2D eigenvalue weighted by Gasteiger charge is 2.20. The average Bonchev–Trinajstić information content (AvgIpc) is 3.20. The van der Waals surface area contributed by atoms with E-state index >= 15 is 0 Å². The van der Waals surface area contributed by atoms with Gasteiger partial charge in [-0.15, -0.1) is 17.0 Å². The number of nitrogens with zero attached hydrogens (tertiary/aromatic N) is 2. The van der Waals surface area contributed by atoms with Crippen LogP contribution in [0.2, 0.25) is 0 Å². The van der Waals surface area contributed by atoms with E-state index in [1.807, 2.05) is 21.8 Å². The molecule has 2 aromatic heterocycles. The molecule has 0 N–H and O–H groups in total. The van der Waals surface area contributed by atoms with Crippen LogP contribution in [0.1, 0.15) is 55.5 Å². The van der Waals surface area contributed by atoms with Crippen LogP contribution in [0, 0.1) is 12.6 Å². The summed E-state index contributed by atoms with van der Waals surface area (Å²) in [6.45, 7) is 15.7. The first-order chi connectivity index (χ1) is 16.2. The second kappa shape index (κ2) is 8.56. The Kier molecular flexibility index (Phi) is 5.69. The second-order valence-electron chi connectivity index (χ2n) is 10.7. The van der Waals surface area contributed by atoms with Crippen LogP contribution in [-0.2, 0) is 11.8 Å². The van der Waals surface area contributed by atoms with Crippen LogP contribution in [0.25, 0.3) is 39.1 Å². The van der Waals surface area contributed by atoms with E-state index < -0.39 is 0 Å². The third kappa shape index (κ3) is 4.21. The first-order valence-corrected chi connectivity index (χ1v) is 12.8. The maximum Gasteiger partial charge on any atom is 0.217 e. The molecule has 1 aliphatic rings. The zero-order chi connectivity index (χ0) is 24.0. The smallest absolute Gasteiger partial charge is 0.217 e. The van der Waals surface area contributed by atoms with Crippen molar-refractivity contribution in [1.82, 2.24) is 0 Å². The van der Waals surface area contributed by atoms with Gasteiger partial charge in [0.15, 0.2) is 6.20 Å². The topological polar surface area (TPSA) is 20.0 Å². The first kappa shape index (κ1) is 22.6. The Labute approximate surface area is 206 Å². The molecular formula is C31H32N2S. The molecule has 0 fully saturated rings. The minimum atomic E-state index is 0.0379. The minimum Gasteiger partial charge on any atom is -0.662 e. The van der Waals surface area contributed by atoms with Crippen molar-refractivity contribution in [1.29, 1.82) is 0 Å². The molecule has 5 rings (SSSR count). The summed E-state index contributed by atoms with van der Waals surface area (Å²) >= 11 is 1.88. The largest absolute Gasteiger partial charge is 0.662 e. The maximum absolute atomic E-state index is 4.82. The van der Waals surface area contributed by atoms with Crippen molar-refractivity contribution in [2.45, 2.75) is 46.5 Å². The van der Waals surface area contributed by atoms with Crippen molar-refractivity contribution in [3.63, 3.8) is 0 Å². The molecule has 0 radical (unpaired) electrons. The zero-order valence-electron chi connectivity index (χ0n) is 20.7. The molecule has 172 valence electrons. The highest BCUT2D eigenvalue weighted by molar-refractivity contribution is 7.13. The molecule has 1 aliphatic heterocycles. The first-order valence-electron chi connectivity index (χ1n) is 12.0. The van der Waals surface area contributed by atoms with Crippen molar-refractivity contribution >= 4 is 33.9 Å². The zero-order valence-corrected chi connectivity index (χ0v) is 21.5. The van der Waals surface area contributed by atoms with E-state index in [0.717, 1.165) is 23.0 Å². The Balaban J connectivity index is 1.71. The number of hydrogen-bond donors (Lipinski definition) is 0. The van der Waals surface area contributed by atoms with E-state index in [0.29, 0.717) is 5.92 Å². The summed E-state index contributed by atoms with van der Waals surface area (Å²) < 4.78 is 1.97. The minimum absolute atomic E-state index is 0.0379. The van der Waals surface area contributed by atoms with Crippen molar-refractivity contribution in [2.24, 2.45) is 5.92 Å². The number of benzene rings is 2.